The normalized spacial score (nSPS) is 10.2. The van der Waals surface area contributed by atoms with Crippen molar-refractivity contribution in [3.8, 4) is 11.1 Å². The molecule has 3 heteroatoms. The number of hydrogen-bond donors (Lipinski definition) is 1. The van der Waals surface area contributed by atoms with Gasteiger partial charge in [0.15, 0.2) is 0 Å². The van der Waals surface area contributed by atoms with Crippen molar-refractivity contribution < 1.29 is 9.90 Å². The van der Waals surface area contributed by atoms with Crippen LogP contribution in [0.4, 0.5) is 0 Å². The van der Waals surface area contributed by atoms with E-state index in [1.165, 1.54) is 11.3 Å². The SMILES string of the molecule is Cc1cccc(-c2cscc2C(=O)O)c1. The van der Waals surface area contributed by atoms with Crippen molar-refractivity contribution in [2.45, 2.75) is 6.92 Å². The Bertz CT molecular complexity index is 500. The van der Waals surface area contributed by atoms with Gasteiger partial charge < -0.3 is 5.11 Å². The number of carbonyl (C=O) groups is 1. The number of rotatable bonds is 2. The van der Waals surface area contributed by atoms with Gasteiger partial charge in [0.1, 0.15) is 0 Å². The molecule has 2 aromatic rings. The first-order chi connectivity index (χ1) is 7.18. The molecule has 2 nitrogen and oxygen atoms in total. The zero-order valence-electron chi connectivity index (χ0n) is 8.23. The molecule has 2 rings (SSSR count). The van der Waals surface area contributed by atoms with Gasteiger partial charge in [-0.15, -0.1) is 0 Å². The summed E-state index contributed by atoms with van der Waals surface area (Å²) in [5.41, 5.74) is 3.28. The van der Waals surface area contributed by atoms with Crippen molar-refractivity contribution in [1.82, 2.24) is 0 Å². The lowest BCUT2D eigenvalue weighted by molar-refractivity contribution is 0.0698. The predicted octanol–water partition coefficient (Wildman–Crippen LogP) is 3.42. The van der Waals surface area contributed by atoms with Crippen molar-refractivity contribution >= 4 is 17.3 Å². The Hall–Kier alpha value is -1.61. The summed E-state index contributed by atoms with van der Waals surface area (Å²) in [4.78, 5) is 10.9. The highest BCUT2D eigenvalue weighted by molar-refractivity contribution is 7.08. The molecule has 0 amide bonds. The van der Waals surface area contributed by atoms with E-state index in [2.05, 4.69) is 0 Å². The summed E-state index contributed by atoms with van der Waals surface area (Å²) in [5, 5.41) is 12.5. The lowest BCUT2D eigenvalue weighted by Gasteiger charge is -2.01. The minimum absolute atomic E-state index is 0.380. The van der Waals surface area contributed by atoms with Gasteiger partial charge in [-0.1, -0.05) is 29.8 Å². The molecule has 0 unspecified atom stereocenters. The Labute approximate surface area is 91.8 Å². The highest BCUT2D eigenvalue weighted by Crippen LogP contribution is 2.27. The number of aromatic carboxylic acids is 1. The highest BCUT2D eigenvalue weighted by atomic mass is 32.1. The van der Waals surface area contributed by atoms with E-state index < -0.39 is 5.97 Å². The molecule has 76 valence electrons. The van der Waals surface area contributed by atoms with Crippen molar-refractivity contribution in [3.63, 3.8) is 0 Å². The van der Waals surface area contributed by atoms with E-state index >= 15 is 0 Å². The van der Waals surface area contributed by atoms with Gasteiger partial charge in [-0.05, 0) is 17.9 Å². The number of carboxylic acids is 1. The van der Waals surface area contributed by atoms with Crippen LogP contribution in [0.2, 0.25) is 0 Å². The Morgan fingerprint density at radius 3 is 2.80 bits per heavy atom. The third-order valence-corrected chi connectivity index (χ3v) is 2.97. The molecule has 0 saturated heterocycles. The second kappa shape index (κ2) is 3.87. The largest absolute Gasteiger partial charge is 0.478 e. The fraction of sp³-hybridized carbons (Fsp3) is 0.0833. The molecule has 0 fully saturated rings. The average Bonchev–Trinajstić information content (AvgIpc) is 2.65. The molecule has 15 heavy (non-hydrogen) atoms. The summed E-state index contributed by atoms with van der Waals surface area (Å²) in [6.07, 6.45) is 0. The van der Waals surface area contributed by atoms with Crippen LogP contribution >= 0.6 is 11.3 Å². The molecule has 0 atom stereocenters. The van der Waals surface area contributed by atoms with Crippen molar-refractivity contribution in [1.29, 1.82) is 0 Å². The summed E-state index contributed by atoms with van der Waals surface area (Å²) >= 11 is 1.41. The fourth-order valence-corrected chi connectivity index (χ4v) is 2.33. The number of benzene rings is 1. The van der Waals surface area contributed by atoms with Crippen LogP contribution in [0, 0.1) is 6.92 Å². The molecular formula is C12H10O2S. The second-order valence-corrected chi connectivity index (χ2v) is 4.12. The lowest BCUT2D eigenvalue weighted by Crippen LogP contribution is -1.95. The first kappa shape index (κ1) is 9.93. The predicted molar refractivity (Wildman–Crippen MR) is 61.5 cm³/mol. The molecule has 0 saturated carbocycles. The van der Waals surface area contributed by atoms with E-state index in [0.717, 1.165) is 16.7 Å². The molecule has 0 radical (unpaired) electrons. The van der Waals surface area contributed by atoms with Crippen LogP contribution in [-0.2, 0) is 0 Å². The van der Waals surface area contributed by atoms with Gasteiger partial charge in [-0.2, -0.15) is 11.3 Å². The molecule has 1 heterocycles. The Balaban J connectivity index is 2.54. The number of thiophene rings is 1. The van der Waals surface area contributed by atoms with Crippen LogP contribution in [-0.4, -0.2) is 11.1 Å². The van der Waals surface area contributed by atoms with E-state index in [1.807, 2.05) is 36.6 Å². The fourth-order valence-electron chi connectivity index (χ4n) is 1.50. The zero-order valence-corrected chi connectivity index (χ0v) is 9.04. The quantitative estimate of drug-likeness (QED) is 0.838. The maximum atomic E-state index is 10.9. The lowest BCUT2D eigenvalue weighted by atomic mass is 10.0. The Kier molecular flexibility index (Phi) is 2.56. The van der Waals surface area contributed by atoms with E-state index in [1.54, 1.807) is 5.38 Å². The van der Waals surface area contributed by atoms with Gasteiger partial charge in [0.25, 0.3) is 0 Å². The van der Waals surface area contributed by atoms with Crippen LogP contribution in [0.25, 0.3) is 11.1 Å². The molecule has 1 aromatic heterocycles. The van der Waals surface area contributed by atoms with Crippen molar-refractivity contribution in [2.75, 3.05) is 0 Å². The van der Waals surface area contributed by atoms with Gasteiger partial charge in [-0.3, -0.25) is 0 Å². The molecule has 0 aliphatic rings. The molecule has 1 aromatic carbocycles. The maximum Gasteiger partial charge on any atom is 0.337 e. The molecule has 0 aliphatic carbocycles. The third-order valence-electron chi connectivity index (χ3n) is 2.22. The molecule has 1 N–H and O–H groups in total. The minimum atomic E-state index is -0.868. The van der Waals surface area contributed by atoms with Crippen LogP contribution in [0.5, 0.6) is 0 Å². The smallest absolute Gasteiger partial charge is 0.337 e. The first-order valence-corrected chi connectivity index (χ1v) is 5.49. The summed E-state index contributed by atoms with van der Waals surface area (Å²) in [6, 6.07) is 7.86. The maximum absolute atomic E-state index is 10.9. The zero-order chi connectivity index (χ0) is 10.8. The molecular weight excluding hydrogens is 208 g/mol. The van der Waals surface area contributed by atoms with E-state index in [9.17, 15) is 4.79 Å². The van der Waals surface area contributed by atoms with Gasteiger partial charge in [-0.25, -0.2) is 4.79 Å². The van der Waals surface area contributed by atoms with Gasteiger partial charge in [0.2, 0.25) is 0 Å². The minimum Gasteiger partial charge on any atom is -0.478 e. The van der Waals surface area contributed by atoms with E-state index in [4.69, 9.17) is 5.11 Å². The number of carboxylic acid groups (broad SMARTS) is 1. The standard InChI is InChI=1S/C12H10O2S/c1-8-3-2-4-9(5-8)10-6-15-7-11(10)12(13)14/h2-7H,1H3,(H,13,14). The van der Waals surface area contributed by atoms with Gasteiger partial charge in [0.05, 0.1) is 5.56 Å². The van der Waals surface area contributed by atoms with Crippen LogP contribution in [0.15, 0.2) is 35.0 Å². The second-order valence-electron chi connectivity index (χ2n) is 3.37. The Morgan fingerprint density at radius 2 is 2.13 bits per heavy atom. The van der Waals surface area contributed by atoms with Gasteiger partial charge >= 0.3 is 5.97 Å². The van der Waals surface area contributed by atoms with E-state index in [0.29, 0.717) is 5.56 Å². The molecule has 0 aliphatic heterocycles. The average molecular weight is 218 g/mol. The van der Waals surface area contributed by atoms with Crippen molar-refractivity contribution in [3.05, 3.63) is 46.2 Å². The highest BCUT2D eigenvalue weighted by Gasteiger charge is 2.12. The van der Waals surface area contributed by atoms with Crippen molar-refractivity contribution in [2.24, 2.45) is 0 Å². The van der Waals surface area contributed by atoms with Gasteiger partial charge in [0, 0.05) is 10.9 Å². The number of hydrogen-bond acceptors (Lipinski definition) is 2. The summed E-state index contributed by atoms with van der Waals surface area (Å²) in [6.45, 7) is 2.00. The monoisotopic (exact) mass is 218 g/mol. The van der Waals surface area contributed by atoms with Crippen LogP contribution < -0.4 is 0 Å². The van der Waals surface area contributed by atoms with Crippen LogP contribution in [0.1, 0.15) is 15.9 Å². The topological polar surface area (TPSA) is 37.3 Å². The van der Waals surface area contributed by atoms with Crippen LogP contribution in [0.3, 0.4) is 0 Å². The summed E-state index contributed by atoms with van der Waals surface area (Å²) < 4.78 is 0. The third kappa shape index (κ3) is 1.92. The Morgan fingerprint density at radius 1 is 1.33 bits per heavy atom. The molecule has 0 bridgehead atoms. The summed E-state index contributed by atoms with van der Waals surface area (Å²) in [7, 11) is 0. The van der Waals surface area contributed by atoms with E-state index in [-0.39, 0.29) is 0 Å². The molecule has 0 spiro atoms. The summed E-state index contributed by atoms with van der Waals surface area (Å²) in [5.74, 6) is -0.868. The number of aryl methyl sites for hydroxylation is 1. The first-order valence-electron chi connectivity index (χ1n) is 4.55.